The normalized spacial score (nSPS) is 16.3. The van der Waals surface area contributed by atoms with Crippen LogP contribution in [0, 0.1) is 0 Å². The smallest absolute Gasteiger partial charge is 0.319 e. The van der Waals surface area contributed by atoms with E-state index in [1.807, 2.05) is 0 Å². The molecule has 0 saturated heterocycles. The molecule has 0 aromatic rings. The molecule has 0 heterocycles. The van der Waals surface area contributed by atoms with Gasteiger partial charge in [0.25, 0.3) is 0 Å². The average molecular weight is 331 g/mol. The number of methoxy groups -OCH3 is 2. The molecule has 0 saturated carbocycles. The highest BCUT2D eigenvalue weighted by Crippen LogP contribution is 2.49. The van der Waals surface area contributed by atoms with E-state index in [9.17, 15) is 27.5 Å². The number of ether oxygens (including phenoxy) is 2. The lowest BCUT2D eigenvalue weighted by Gasteiger charge is -2.23. The number of hydrogen-bond donors (Lipinski definition) is 1. The van der Waals surface area contributed by atoms with Crippen molar-refractivity contribution in [3.63, 3.8) is 0 Å². The minimum atomic E-state index is -4.32. The average Bonchev–Trinajstić information content (AvgIpc) is 2.32. The summed E-state index contributed by atoms with van der Waals surface area (Å²) in [5.74, 6) is -1.96. The van der Waals surface area contributed by atoms with Crippen molar-refractivity contribution < 1.29 is 36.9 Å². The maximum absolute atomic E-state index is 12.2. The van der Waals surface area contributed by atoms with Crippen molar-refractivity contribution >= 4 is 29.3 Å². The first kappa shape index (κ1) is 19.0. The van der Waals surface area contributed by atoms with Crippen LogP contribution in [0.4, 0.5) is 0 Å². The van der Waals surface area contributed by atoms with Gasteiger partial charge in [-0.25, -0.2) is 8.42 Å². The van der Waals surface area contributed by atoms with Crippen molar-refractivity contribution in [1.82, 2.24) is 4.31 Å². The number of carbonyl (C=O) groups excluding carboxylic acids is 2. The van der Waals surface area contributed by atoms with Crippen LogP contribution in [0.1, 0.15) is 6.42 Å². The number of sulfonamides is 1. The molecule has 11 heteroatoms. The van der Waals surface area contributed by atoms with Crippen molar-refractivity contribution in [2.75, 3.05) is 33.8 Å². The van der Waals surface area contributed by atoms with Crippen molar-refractivity contribution in [1.29, 1.82) is 0 Å². The van der Waals surface area contributed by atoms with E-state index < -0.39 is 47.7 Å². The summed E-state index contributed by atoms with van der Waals surface area (Å²) in [5.41, 5.74) is -1.68. The van der Waals surface area contributed by atoms with Crippen LogP contribution < -0.4 is 0 Å². The molecule has 0 aliphatic heterocycles. The van der Waals surface area contributed by atoms with Gasteiger partial charge < -0.3 is 14.4 Å². The Bertz CT molecular complexity index is 516. The van der Waals surface area contributed by atoms with E-state index in [4.69, 9.17) is 0 Å². The fourth-order valence-corrected chi connectivity index (χ4v) is 4.23. The second-order valence-electron chi connectivity index (χ2n) is 4.08. The molecule has 0 radical (unpaired) electrons. The van der Waals surface area contributed by atoms with Crippen molar-refractivity contribution in [2.24, 2.45) is 0 Å². The van der Waals surface area contributed by atoms with Crippen molar-refractivity contribution in [3.8, 4) is 0 Å². The molecule has 0 aromatic carbocycles. The molecule has 9 nitrogen and oxygen atoms in total. The predicted molar refractivity (Wildman–Crippen MR) is 69.7 cm³/mol. The SMILES string of the molecule is COC(=O)C[C@H](C(=O)OC)P(=O)(O)CN(C)S(C)(=O)=O. The number of esters is 2. The minimum absolute atomic E-state index is 0.626. The van der Waals surface area contributed by atoms with Gasteiger partial charge in [0.05, 0.1) is 33.2 Å². The van der Waals surface area contributed by atoms with Crippen molar-refractivity contribution in [3.05, 3.63) is 0 Å². The fraction of sp³-hybridized carbons (Fsp3) is 0.778. The molecule has 0 aromatic heterocycles. The van der Waals surface area contributed by atoms with Crippen LogP contribution in [0.15, 0.2) is 0 Å². The molecular weight excluding hydrogens is 313 g/mol. The first-order valence-electron chi connectivity index (χ1n) is 5.33. The van der Waals surface area contributed by atoms with E-state index in [-0.39, 0.29) is 0 Å². The summed E-state index contributed by atoms with van der Waals surface area (Å²) in [5, 5.41) is 0. The Morgan fingerprint density at radius 1 is 1.30 bits per heavy atom. The zero-order valence-electron chi connectivity index (χ0n) is 11.6. The summed E-state index contributed by atoms with van der Waals surface area (Å²) in [6, 6.07) is 0. The van der Waals surface area contributed by atoms with Crippen LogP contribution in [0.2, 0.25) is 0 Å². The molecular formula is C9H18NO8PS. The highest BCUT2D eigenvalue weighted by atomic mass is 32.2. The standard InChI is InChI=1S/C9H18NO8PS/c1-10(20(4,15)16)6-19(13,14)7(9(12)18-3)5-8(11)17-2/h7H,5-6H2,1-4H3,(H,13,14)/t7-/m1/s1. The molecule has 1 unspecified atom stereocenters. The third kappa shape index (κ3) is 5.58. The maximum Gasteiger partial charge on any atom is 0.319 e. The van der Waals surface area contributed by atoms with Crippen LogP contribution in [-0.2, 0) is 33.7 Å². The third-order valence-electron chi connectivity index (χ3n) is 2.52. The first-order valence-corrected chi connectivity index (χ1v) is 9.09. The fourth-order valence-electron chi connectivity index (χ4n) is 1.26. The van der Waals surface area contributed by atoms with E-state index in [1.54, 1.807) is 0 Å². The Kier molecular flexibility index (Phi) is 6.82. The molecule has 0 amide bonds. The predicted octanol–water partition coefficient (Wildman–Crippen LogP) is -0.790. The highest BCUT2D eigenvalue weighted by molar-refractivity contribution is 7.88. The Balaban J connectivity index is 5.28. The monoisotopic (exact) mass is 331 g/mol. The number of hydrogen-bond acceptors (Lipinski definition) is 7. The summed E-state index contributed by atoms with van der Waals surface area (Å²) < 4.78 is 44.0. The zero-order chi connectivity index (χ0) is 16.1. The third-order valence-corrected chi connectivity index (χ3v) is 6.17. The summed E-state index contributed by atoms with van der Waals surface area (Å²) in [4.78, 5) is 32.6. The summed E-state index contributed by atoms with van der Waals surface area (Å²) in [6.45, 7) is 0. The van der Waals surface area contributed by atoms with E-state index in [2.05, 4.69) is 9.47 Å². The van der Waals surface area contributed by atoms with Gasteiger partial charge in [-0.05, 0) is 0 Å². The molecule has 0 rings (SSSR count). The molecule has 20 heavy (non-hydrogen) atoms. The number of nitrogens with zero attached hydrogens (tertiary/aromatic N) is 1. The molecule has 2 atom stereocenters. The molecule has 0 aliphatic rings. The van der Waals surface area contributed by atoms with Gasteiger partial charge in [-0.1, -0.05) is 0 Å². The Morgan fingerprint density at radius 2 is 1.80 bits per heavy atom. The van der Waals surface area contributed by atoms with Crippen LogP contribution >= 0.6 is 7.37 Å². The zero-order valence-corrected chi connectivity index (χ0v) is 13.3. The summed E-state index contributed by atoms with van der Waals surface area (Å²) >= 11 is 0. The van der Waals surface area contributed by atoms with Gasteiger partial charge in [-0.2, -0.15) is 4.31 Å². The molecule has 118 valence electrons. The van der Waals surface area contributed by atoms with E-state index >= 15 is 0 Å². The summed E-state index contributed by atoms with van der Waals surface area (Å²) in [7, 11) is -4.89. The molecule has 0 aliphatic carbocycles. The topological polar surface area (TPSA) is 127 Å². The molecule has 0 bridgehead atoms. The largest absolute Gasteiger partial charge is 0.469 e. The second-order valence-corrected chi connectivity index (χ2v) is 8.58. The van der Waals surface area contributed by atoms with Gasteiger partial charge in [-0.15, -0.1) is 0 Å². The Hall–Kier alpha value is -0.960. The molecule has 1 N–H and O–H groups in total. The Labute approximate surface area is 117 Å². The van der Waals surface area contributed by atoms with E-state index in [1.165, 1.54) is 0 Å². The quantitative estimate of drug-likeness (QED) is 0.475. The lowest BCUT2D eigenvalue weighted by molar-refractivity contribution is -0.147. The van der Waals surface area contributed by atoms with E-state index in [0.717, 1.165) is 27.5 Å². The Morgan fingerprint density at radius 3 is 2.15 bits per heavy atom. The van der Waals surface area contributed by atoms with Gasteiger partial charge in [0.2, 0.25) is 17.4 Å². The van der Waals surface area contributed by atoms with Crippen LogP contribution in [0.5, 0.6) is 0 Å². The lowest BCUT2D eigenvalue weighted by atomic mass is 10.3. The highest BCUT2D eigenvalue weighted by Gasteiger charge is 2.41. The number of carbonyl (C=O) groups is 2. The van der Waals surface area contributed by atoms with Gasteiger partial charge >= 0.3 is 11.9 Å². The van der Waals surface area contributed by atoms with Gasteiger partial charge in [0.15, 0.2) is 0 Å². The van der Waals surface area contributed by atoms with Gasteiger partial charge in [0, 0.05) is 7.05 Å². The van der Waals surface area contributed by atoms with Crippen molar-refractivity contribution in [2.45, 2.75) is 12.1 Å². The number of rotatable bonds is 7. The van der Waals surface area contributed by atoms with Crippen LogP contribution in [0.3, 0.4) is 0 Å². The summed E-state index contributed by atoms with van der Waals surface area (Å²) in [6.07, 6.45) is -0.627. The molecule has 0 fully saturated rings. The molecule has 0 spiro atoms. The van der Waals surface area contributed by atoms with E-state index in [0.29, 0.717) is 4.31 Å². The van der Waals surface area contributed by atoms with Crippen LogP contribution in [-0.4, -0.2) is 69.0 Å². The maximum atomic E-state index is 12.2. The minimum Gasteiger partial charge on any atom is -0.469 e. The second kappa shape index (κ2) is 7.16. The van der Waals surface area contributed by atoms with Gasteiger partial charge in [-0.3, -0.25) is 14.2 Å². The van der Waals surface area contributed by atoms with Crippen LogP contribution in [0.25, 0.3) is 0 Å². The van der Waals surface area contributed by atoms with Gasteiger partial charge in [0.1, 0.15) is 5.66 Å². The first-order chi connectivity index (χ1) is 8.95. The lowest BCUT2D eigenvalue weighted by Crippen LogP contribution is -2.33.